The van der Waals surface area contributed by atoms with Crippen LogP contribution in [0.5, 0.6) is 0 Å². The van der Waals surface area contributed by atoms with Gasteiger partial charge in [-0.3, -0.25) is 14.3 Å². The predicted molar refractivity (Wildman–Crippen MR) is 139 cm³/mol. The highest BCUT2D eigenvalue weighted by atomic mass is 35.5. The van der Waals surface area contributed by atoms with Gasteiger partial charge in [-0.2, -0.15) is 5.10 Å². The Labute approximate surface area is 226 Å². The summed E-state index contributed by atoms with van der Waals surface area (Å²) in [6.07, 6.45) is 8.67. The molecule has 1 atom stereocenters. The van der Waals surface area contributed by atoms with Crippen LogP contribution in [0.15, 0.2) is 85.7 Å². The smallest absolute Gasteiger partial charge is 0.335 e. The second kappa shape index (κ2) is 9.91. The first-order valence-corrected chi connectivity index (χ1v) is 12.1. The lowest BCUT2D eigenvalue weighted by Crippen LogP contribution is -2.32. The first-order valence-electron chi connectivity index (χ1n) is 11.7. The Morgan fingerprint density at radius 1 is 1.03 bits per heavy atom. The van der Waals surface area contributed by atoms with Crippen LogP contribution in [-0.2, 0) is 7.05 Å². The summed E-state index contributed by atoms with van der Waals surface area (Å²) >= 11 is 6.32. The minimum Gasteiger partial charge on any atom is -0.478 e. The van der Waals surface area contributed by atoms with Crippen molar-refractivity contribution < 1.29 is 14.6 Å². The Kier molecular flexibility index (Phi) is 6.13. The van der Waals surface area contributed by atoms with Crippen LogP contribution < -0.4 is 4.68 Å². The lowest BCUT2D eigenvalue weighted by molar-refractivity contribution is -0.659. The standard InChI is InChI=1S/C26H19ClN10O2/c1-35-14-23(31-33-35)25(36-13-19(12-30-36)16-3-2-4-17(9-16)26(38)39)22-7-5-18(11-28-22)21-10-20(27)6-8-24(21)37-15-29-32-34-37/h2-15,25H,1H3,(H,38,39)/p+1. The number of rotatable bonds is 7. The van der Waals surface area contributed by atoms with E-state index in [9.17, 15) is 9.90 Å². The van der Waals surface area contributed by atoms with Crippen molar-refractivity contribution in [2.75, 3.05) is 0 Å². The average Bonchev–Trinajstić information content (AvgIpc) is 3.73. The zero-order valence-electron chi connectivity index (χ0n) is 20.4. The van der Waals surface area contributed by atoms with Crippen molar-refractivity contribution in [2.24, 2.45) is 7.05 Å². The molecule has 0 fully saturated rings. The Morgan fingerprint density at radius 3 is 2.64 bits per heavy atom. The Balaban J connectivity index is 1.39. The van der Waals surface area contributed by atoms with Gasteiger partial charge in [-0.15, -0.1) is 9.78 Å². The predicted octanol–water partition coefficient (Wildman–Crippen LogP) is 3.12. The lowest BCUT2D eigenvalue weighted by atomic mass is 10.0. The van der Waals surface area contributed by atoms with E-state index in [-0.39, 0.29) is 5.56 Å². The first kappa shape index (κ1) is 24.1. The molecule has 12 nitrogen and oxygen atoms in total. The number of carboxylic acid groups (broad SMARTS) is 1. The molecule has 6 aromatic rings. The monoisotopic (exact) mass is 539 g/mol. The molecule has 0 amide bonds. The normalized spacial score (nSPS) is 11.9. The molecule has 0 spiro atoms. The molecule has 0 saturated carbocycles. The number of pyridine rings is 1. The number of carbonyl (C=O) groups is 1. The number of hydrogen-bond acceptors (Lipinski definition) is 7. The third-order valence-corrected chi connectivity index (χ3v) is 6.42. The minimum absolute atomic E-state index is 0.201. The largest absolute Gasteiger partial charge is 0.478 e. The van der Waals surface area contributed by atoms with E-state index in [4.69, 9.17) is 16.6 Å². The number of aromatic nitrogens is 10. The van der Waals surface area contributed by atoms with Crippen LogP contribution in [0.4, 0.5) is 0 Å². The molecule has 0 aliphatic carbocycles. The summed E-state index contributed by atoms with van der Waals surface area (Å²) in [5.41, 5.74) is 5.52. The molecular formula is C26H20ClN10O2+. The lowest BCUT2D eigenvalue weighted by Gasteiger charge is -2.15. The SMILES string of the molecule is Cn1cc(C(c2ccc(-c3cc(Cl)ccc3-[n+]3cnn[nH]3)cn2)n2cc(-c3cccc(C(=O)O)c3)cn2)nn1. The zero-order chi connectivity index (χ0) is 26.9. The van der Waals surface area contributed by atoms with E-state index in [1.54, 1.807) is 64.1 Å². The summed E-state index contributed by atoms with van der Waals surface area (Å²) in [6.45, 7) is 0. The number of tetrazole rings is 1. The van der Waals surface area contributed by atoms with Crippen LogP contribution in [0.2, 0.25) is 5.02 Å². The van der Waals surface area contributed by atoms with Gasteiger partial charge in [0.15, 0.2) is 5.21 Å². The van der Waals surface area contributed by atoms with Crippen LogP contribution in [0.1, 0.15) is 27.8 Å². The van der Waals surface area contributed by atoms with E-state index in [1.165, 1.54) is 0 Å². The number of halogens is 1. The second-order valence-electron chi connectivity index (χ2n) is 8.75. The molecule has 0 aliphatic rings. The number of hydrogen-bond donors (Lipinski definition) is 2. The molecule has 4 aromatic heterocycles. The number of H-pyrrole nitrogens is 1. The van der Waals surface area contributed by atoms with Gasteiger partial charge in [0.1, 0.15) is 22.5 Å². The number of aryl methyl sites for hydroxylation is 1. The first-order chi connectivity index (χ1) is 19.0. The Bertz CT molecular complexity index is 1780. The topological polar surface area (TPSA) is 144 Å². The second-order valence-corrected chi connectivity index (χ2v) is 9.19. The van der Waals surface area contributed by atoms with Crippen molar-refractivity contribution in [3.63, 3.8) is 0 Å². The molecular weight excluding hydrogens is 520 g/mol. The van der Waals surface area contributed by atoms with E-state index in [2.05, 4.69) is 30.9 Å². The van der Waals surface area contributed by atoms with Gasteiger partial charge in [-0.1, -0.05) is 40.2 Å². The molecule has 2 aromatic carbocycles. The molecule has 39 heavy (non-hydrogen) atoms. The van der Waals surface area contributed by atoms with Gasteiger partial charge in [0, 0.05) is 41.2 Å². The molecule has 2 N–H and O–H groups in total. The number of aromatic carboxylic acids is 1. The fourth-order valence-electron chi connectivity index (χ4n) is 4.34. The van der Waals surface area contributed by atoms with Gasteiger partial charge < -0.3 is 5.11 Å². The van der Waals surface area contributed by atoms with Crippen molar-refractivity contribution in [2.45, 2.75) is 6.04 Å². The van der Waals surface area contributed by atoms with Crippen LogP contribution in [-0.4, -0.2) is 56.4 Å². The van der Waals surface area contributed by atoms with E-state index < -0.39 is 12.0 Å². The molecule has 6 rings (SSSR count). The van der Waals surface area contributed by atoms with Crippen molar-refractivity contribution in [1.82, 2.24) is 45.3 Å². The van der Waals surface area contributed by atoms with Crippen molar-refractivity contribution in [3.8, 4) is 27.9 Å². The Hall–Kier alpha value is -5.23. The number of carboxylic acids is 1. The minimum atomic E-state index is -0.990. The highest BCUT2D eigenvalue weighted by molar-refractivity contribution is 6.31. The van der Waals surface area contributed by atoms with Gasteiger partial charge in [0.25, 0.3) is 6.33 Å². The number of aromatic amines is 1. The summed E-state index contributed by atoms with van der Waals surface area (Å²) < 4.78 is 5.05. The summed E-state index contributed by atoms with van der Waals surface area (Å²) in [4.78, 5) is 16.2. The highest BCUT2D eigenvalue weighted by Crippen LogP contribution is 2.30. The maximum Gasteiger partial charge on any atom is 0.335 e. The van der Waals surface area contributed by atoms with E-state index >= 15 is 0 Å². The zero-order valence-corrected chi connectivity index (χ0v) is 21.2. The third kappa shape index (κ3) is 4.76. The average molecular weight is 540 g/mol. The van der Waals surface area contributed by atoms with E-state index in [1.807, 2.05) is 42.7 Å². The summed E-state index contributed by atoms with van der Waals surface area (Å²) in [5, 5.41) is 33.4. The van der Waals surface area contributed by atoms with E-state index in [0.717, 1.165) is 27.9 Å². The van der Waals surface area contributed by atoms with Crippen LogP contribution in [0, 0.1) is 0 Å². The van der Waals surface area contributed by atoms with Crippen molar-refractivity contribution in [1.29, 1.82) is 0 Å². The molecule has 0 saturated heterocycles. The molecule has 13 heteroatoms. The summed E-state index contributed by atoms with van der Waals surface area (Å²) in [7, 11) is 1.79. The van der Waals surface area contributed by atoms with Crippen LogP contribution in [0.3, 0.4) is 0 Å². The summed E-state index contributed by atoms with van der Waals surface area (Å²) in [6, 6.07) is 15.6. The van der Waals surface area contributed by atoms with Gasteiger partial charge in [-0.25, -0.2) is 4.79 Å². The van der Waals surface area contributed by atoms with Crippen molar-refractivity contribution in [3.05, 3.63) is 108 Å². The highest BCUT2D eigenvalue weighted by Gasteiger charge is 2.23. The van der Waals surface area contributed by atoms with Gasteiger partial charge >= 0.3 is 5.97 Å². The molecule has 0 aliphatic heterocycles. The number of nitrogens with one attached hydrogen (secondary N) is 1. The van der Waals surface area contributed by atoms with Crippen LogP contribution >= 0.6 is 11.6 Å². The Morgan fingerprint density at radius 2 is 1.92 bits per heavy atom. The maximum absolute atomic E-state index is 11.4. The third-order valence-electron chi connectivity index (χ3n) is 6.18. The fourth-order valence-corrected chi connectivity index (χ4v) is 4.51. The number of nitrogens with zero attached hydrogens (tertiary/aromatic N) is 9. The molecule has 0 bridgehead atoms. The van der Waals surface area contributed by atoms with Crippen molar-refractivity contribution >= 4 is 17.6 Å². The van der Waals surface area contributed by atoms with Gasteiger partial charge in [-0.05, 0) is 42.0 Å². The van der Waals surface area contributed by atoms with Crippen LogP contribution in [0.25, 0.3) is 27.9 Å². The van der Waals surface area contributed by atoms with Gasteiger partial charge in [0.2, 0.25) is 0 Å². The fraction of sp³-hybridized carbons (Fsp3) is 0.0769. The molecule has 1 unspecified atom stereocenters. The molecule has 0 radical (unpaired) electrons. The number of benzene rings is 2. The quantitative estimate of drug-likeness (QED) is 0.294. The molecule has 192 valence electrons. The van der Waals surface area contributed by atoms with E-state index in [0.29, 0.717) is 16.4 Å². The van der Waals surface area contributed by atoms with Gasteiger partial charge in [0.05, 0.1) is 23.7 Å². The summed E-state index contributed by atoms with van der Waals surface area (Å²) in [5.74, 6) is -0.990. The maximum atomic E-state index is 11.4. The molecule has 4 heterocycles.